The molecule has 0 aromatic heterocycles. The molecule has 2 N–H and O–H groups in total. The van der Waals surface area contributed by atoms with Crippen LogP contribution >= 0.6 is 0 Å². The molecule has 0 atom stereocenters. The van der Waals surface area contributed by atoms with Crippen molar-refractivity contribution in [2.45, 2.75) is 13.3 Å². The number of nitrogens with zero attached hydrogens (tertiary/aromatic N) is 2. The third-order valence-electron chi connectivity index (χ3n) is 3.47. The predicted octanol–water partition coefficient (Wildman–Crippen LogP) is 3.25. The van der Waals surface area contributed by atoms with E-state index in [-0.39, 0.29) is 30.2 Å². The van der Waals surface area contributed by atoms with E-state index in [0.29, 0.717) is 16.9 Å². The topological polar surface area (TPSA) is 127 Å². The molecule has 9 nitrogen and oxygen atoms in total. The molecule has 2 rings (SSSR count). The van der Waals surface area contributed by atoms with Crippen LogP contribution in [0.1, 0.15) is 12.0 Å². The van der Waals surface area contributed by atoms with E-state index in [2.05, 4.69) is 10.6 Å². The minimum absolute atomic E-state index is 0.0498. The lowest BCUT2D eigenvalue weighted by Crippen LogP contribution is -2.17. The van der Waals surface area contributed by atoms with Crippen molar-refractivity contribution < 1.29 is 14.6 Å². The summed E-state index contributed by atoms with van der Waals surface area (Å²) >= 11 is 0. The van der Waals surface area contributed by atoms with E-state index >= 15 is 0 Å². The molecule has 0 saturated heterocycles. The molecule has 25 heavy (non-hydrogen) atoms. The number of non-ortho nitro benzene ring substituents is 1. The van der Waals surface area contributed by atoms with Crippen LogP contribution in [-0.2, 0) is 4.79 Å². The highest BCUT2D eigenvalue weighted by Gasteiger charge is 2.13. The van der Waals surface area contributed by atoms with Gasteiger partial charge >= 0.3 is 0 Å². The van der Waals surface area contributed by atoms with Gasteiger partial charge in [-0.25, -0.2) is 0 Å². The summed E-state index contributed by atoms with van der Waals surface area (Å²) in [5.74, 6) is -0.352. The zero-order chi connectivity index (χ0) is 18.4. The number of nitro benzene ring substituents is 2. The zero-order valence-electron chi connectivity index (χ0n) is 13.4. The molecule has 0 aliphatic heterocycles. The van der Waals surface area contributed by atoms with Crippen LogP contribution in [0.2, 0.25) is 0 Å². The number of benzene rings is 2. The number of hydrogen-bond donors (Lipinski definition) is 2. The van der Waals surface area contributed by atoms with Gasteiger partial charge < -0.3 is 10.6 Å². The van der Waals surface area contributed by atoms with Crippen LogP contribution in [0.5, 0.6) is 0 Å². The molecule has 0 radical (unpaired) electrons. The highest BCUT2D eigenvalue weighted by molar-refractivity contribution is 5.92. The van der Waals surface area contributed by atoms with E-state index in [1.54, 1.807) is 31.2 Å². The van der Waals surface area contributed by atoms with Crippen molar-refractivity contribution in [2.24, 2.45) is 0 Å². The van der Waals surface area contributed by atoms with Gasteiger partial charge in [0.2, 0.25) is 5.91 Å². The van der Waals surface area contributed by atoms with Gasteiger partial charge in [0, 0.05) is 31.2 Å². The molecular formula is C16H16N4O5. The Balaban J connectivity index is 1.95. The molecule has 0 bridgehead atoms. The van der Waals surface area contributed by atoms with Crippen LogP contribution < -0.4 is 10.6 Å². The van der Waals surface area contributed by atoms with Gasteiger partial charge in [0.25, 0.3) is 11.4 Å². The number of nitro groups is 2. The first-order valence-corrected chi connectivity index (χ1v) is 7.40. The van der Waals surface area contributed by atoms with Crippen molar-refractivity contribution >= 4 is 28.7 Å². The lowest BCUT2D eigenvalue weighted by Gasteiger charge is -2.09. The molecule has 0 aliphatic carbocycles. The molecule has 130 valence electrons. The molecule has 0 saturated carbocycles. The molecule has 0 heterocycles. The molecule has 0 unspecified atom stereocenters. The number of carbonyl (C=O) groups is 1. The van der Waals surface area contributed by atoms with E-state index in [4.69, 9.17) is 0 Å². The maximum Gasteiger partial charge on any atom is 0.292 e. The molecule has 9 heteroatoms. The molecule has 1 amide bonds. The molecule has 2 aromatic rings. The van der Waals surface area contributed by atoms with Crippen LogP contribution in [0.15, 0.2) is 42.5 Å². The van der Waals surface area contributed by atoms with E-state index in [1.807, 2.05) is 0 Å². The maximum absolute atomic E-state index is 12.0. The number of nitrogens with one attached hydrogen (secondary N) is 2. The summed E-state index contributed by atoms with van der Waals surface area (Å²) in [4.78, 5) is 32.7. The lowest BCUT2D eigenvalue weighted by molar-refractivity contribution is -0.384. The monoisotopic (exact) mass is 344 g/mol. The average Bonchev–Trinajstić information content (AvgIpc) is 2.57. The summed E-state index contributed by atoms with van der Waals surface area (Å²) in [6.45, 7) is 1.91. The highest BCUT2D eigenvalue weighted by Crippen LogP contribution is 2.24. The highest BCUT2D eigenvalue weighted by atomic mass is 16.6. The first-order chi connectivity index (χ1) is 11.9. The Morgan fingerprint density at radius 2 is 1.76 bits per heavy atom. The summed E-state index contributed by atoms with van der Waals surface area (Å²) in [5.41, 5.74) is 1.21. The number of rotatable bonds is 7. The second-order valence-electron chi connectivity index (χ2n) is 5.26. The Kier molecular flexibility index (Phi) is 5.62. The second-order valence-corrected chi connectivity index (χ2v) is 5.26. The standard InChI is InChI=1S/C16H16N4O5/c1-11-6-7-12(19(22)23)10-14(11)18-16(21)8-9-17-13-4-2-3-5-15(13)20(24)25/h2-7,10,17H,8-9H2,1H3,(H,18,21). The minimum Gasteiger partial charge on any atom is -0.379 e. The summed E-state index contributed by atoms with van der Waals surface area (Å²) in [6, 6.07) is 10.3. The fourth-order valence-corrected chi connectivity index (χ4v) is 2.16. The summed E-state index contributed by atoms with van der Waals surface area (Å²) in [6.07, 6.45) is 0.0498. The van der Waals surface area contributed by atoms with Gasteiger partial charge in [-0.2, -0.15) is 0 Å². The maximum atomic E-state index is 12.0. The van der Waals surface area contributed by atoms with Crippen molar-refractivity contribution in [3.05, 3.63) is 68.3 Å². The van der Waals surface area contributed by atoms with Crippen molar-refractivity contribution in [3.63, 3.8) is 0 Å². The van der Waals surface area contributed by atoms with Gasteiger partial charge in [-0.05, 0) is 18.6 Å². The molecule has 0 aliphatic rings. The zero-order valence-corrected chi connectivity index (χ0v) is 13.4. The summed E-state index contributed by atoms with van der Waals surface area (Å²) in [7, 11) is 0. The smallest absolute Gasteiger partial charge is 0.292 e. The van der Waals surface area contributed by atoms with Gasteiger partial charge in [0.05, 0.1) is 15.5 Å². The fourth-order valence-electron chi connectivity index (χ4n) is 2.16. The van der Waals surface area contributed by atoms with Gasteiger partial charge in [0.1, 0.15) is 5.69 Å². The number of aryl methyl sites for hydroxylation is 1. The third-order valence-corrected chi connectivity index (χ3v) is 3.47. The molecule has 0 fully saturated rings. The quantitative estimate of drug-likeness (QED) is 0.586. The van der Waals surface area contributed by atoms with Gasteiger partial charge in [0.15, 0.2) is 0 Å². The Hall–Kier alpha value is -3.49. The summed E-state index contributed by atoms with van der Waals surface area (Å²) in [5, 5.41) is 27.2. The SMILES string of the molecule is Cc1ccc([N+](=O)[O-])cc1NC(=O)CCNc1ccccc1[N+](=O)[O-]. The van der Waals surface area contributed by atoms with Crippen LogP contribution in [0.4, 0.5) is 22.7 Å². The largest absolute Gasteiger partial charge is 0.379 e. The van der Waals surface area contributed by atoms with Crippen LogP contribution in [-0.4, -0.2) is 22.3 Å². The third kappa shape index (κ3) is 4.74. The van der Waals surface area contributed by atoms with E-state index in [0.717, 1.165) is 0 Å². The first kappa shape index (κ1) is 17.9. The van der Waals surface area contributed by atoms with E-state index < -0.39 is 9.85 Å². The number of carbonyl (C=O) groups excluding carboxylic acids is 1. The van der Waals surface area contributed by atoms with Crippen LogP contribution in [0, 0.1) is 27.2 Å². The van der Waals surface area contributed by atoms with Gasteiger partial charge in [-0.15, -0.1) is 0 Å². The number of amides is 1. The number of anilines is 2. The normalized spacial score (nSPS) is 10.1. The second kappa shape index (κ2) is 7.86. The number of para-hydroxylation sites is 2. The average molecular weight is 344 g/mol. The van der Waals surface area contributed by atoms with Crippen molar-refractivity contribution in [2.75, 3.05) is 17.2 Å². The summed E-state index contributed by atoms with van der Waals surface area (Å²) < 4.78 is 0. The minimum atomic E-state index is -0.537. The Labute approximate surface area is 143 Å². The molecular weight excluding hydrogens is 328 g/mol. The lowest BCUT2D eigenvalue weighted by atomic mass is 10.1. The number of hydrogen-bond acceptors (Lipinski definition) is 6. The predicted molar refractivity (Wildman–Crippen MR) is 92.7 cm³/mol. The van der Waals surface area contributed by atoms with Crippen LogP contribution in [0.25, 0.3) is 0 Å². The first-order valence-electron chi connectivity index (χ1n) is 7.40. The molecule has 2 aromatic carbocycles. The van der Waals surface area contributed by atoms with E-state index in [9.17, 15) is 25.0 Å². The van der Waals surface area contributed by atoms with Crippen molar-refractivity contribution in [1.29, 1.82) is 0 Å². The van der Waals surface area contributed by atoms with E-state index in [1.165, 1.54) is 18.2 Å². The molecule has 0 spiro atoms. The Bertz CT molecular complexity index is 822. The van der Waals surface area contributed by atoms with Gasteiger partial charge in [-0.3, -0.25) is 25.0 Å². The Morgan fingerprint density at radius 3 is 2.44 bits per heavy atom. The van der Waals surface area contributed by atoms with Crippen LogP contribution in [0.3, 0.4) is 0 Å². The van der Waals surface area contributed by atoms with Gasteiger partial charge in [-0.1, -0.05) is 18.2 Å². The fraction of sp³-hybridized carbons (Fsp3) is 0.188. The Morgan fingerprint density at radius 1 is 1.04 bits per heavy atom. The van der Waals surface area contributed by atoms with Crippen molar-refractivity contribution in [3.8, 4) is 0 Å². The van der Waals surface area contributed by atoms with Crippen molar-refractivity contribution in [1.82, 2.24) is 0 Å².